The normalized spacial score (nSPS) is 44.1. The Morgan fingerprint density at radius 3 is 2.51 bits per heavy atom. The molecule has 0 aliphatic heterocycles. The molecular weight excluding hydrogens is 472 g/mol. The molecule has 1 spiro atoms. The van der Waals surface area contributed by atoms with E-state index in [4.69, 9.17) is 4.74 Å². The highest BCUT2D eigenvalue weighted by atomic mass is 16.6. The summed E-state index contributed by atoms with van der Waals surface area (Å²) in [4.78, 5) is 13.0. The SMILES string of the molecule is CCCCC/C=C/C=C/C(=O)O[C@@]12C[C@@H](C)[C@]34C=C(C)[C@H](O)[C@@]3(O)[C@H](O)C(CO)=C[C@H](C4O)[C@@H]1C2(C)C. The molecule has 4 aliphatic rings. The van der Waals surface area contributed by atoms with Crippen LogP contribution < -0.4 is 0 Å². The molecule has 0 aromatic heterocycles. The maximum absolute atomic E-state index is 13.0. The van der Waals surface area contributed by atoms with Gasteiger partial charge in [0.15, 0.2) is 0 Å². The number of hydrogen-bond donors (Lipinski definition) is 5. The molecular formula is C30H44O7. The van der Waals surface area contributed by atoms with Crippen LogP contribution in [0, 0.1) is 28.6 Å². The van der Waals surface area contributed by atoms with E-state index < -0.39 is 64.8 Å². The first-order valence-electron chi connectivity index (χ1n) is 13.7. The summed E-state index contributed by atoms with van der Waals surface area (Å²) in [5.41, 5.74) is -4.32. The van der Waals surface area contributed by atoms with Crippen LogP contribution in [-0.2, 0) is 9.53 Å². The minimum absolute atomic E-state index is 0.153. The lowest BCUT2D eigenvalue weighted by Crippen LogP contribution is -2.66. The first-order chi connectivity index (χ1) is 17.4. The van der Waals surface area contributed by atoms with Crippen molar-refractivity contribution in [3.63, 3.8) is 0 Å². The molecule has 0 saturated heterocycles. The van der Waals surface area contributed by atoms with Crippen LogP contribution in [0.4, 0.5) is 0 Å². The van der Waals surface area contributed by atoms with Crippen molar-refractivity contribution in [2.24, 2.45) is 28.6 Å². The first-order valence-corrected chi connectivity index (χ1v) is 13.7. The summed E-state index contributed by atoms with van der Waals surface area (Å²) in [6.45, 7) is 9.17. The molecule has 0 aromatic rings. The fourth-order valence-electron chi connectivity index (χ4n) is 8.07. The van der Waals surface area contributed by atoms with Crippen LogP contribution in [0.3, 0.4) is 0 Å². The highest BCUT2D eigenvalue weighted by molar-refractivity contribution is 5.83. The molecule has 4 aliphatic carbocycles. The number of aliphatic hydroxyl groups excluding tert-OH is 4. The summed E-state index contributed by atoms with van der Waals surface area (Å²) >= 11 is 0. The van der Waals surface area contributed by atoms with Crippen LogP contribution >= 0.6 is 0 Å². The zero-order valence-corrected chi connectivity index (χ0v) is 22.7. The molecule has 37 heavy (non-hydrogen) atoms. The van der Waals surface area contributed by atoms with Gasteiger partial charge in [-0.05, 0) is 43.3 Å². The fourth-order valence-corrected chi connectivity index (χ4v) is 8.07. The molecule has 2 bridgehead atoms. The van der Waals surface area contributed by atoms with Crippen molar-refractivity contribution in [1.29, 1.82) is 0 Å². The number of hydrogen-bond acceptors (Lipinski definition) is 7. The molecule has 7 nitrogen and oxygen atoms in total. The van der Waals surface area contributed by atoms with Crippen molar-refractivity contribution >= 4 is 5.97 Å². The topological polar surface area (TPSA) is 127 Å². The molecule has 0 aromatic carbocycles. The number of rotatable bonds is 8. The Hall–Kier alpha value is -1.77. The highest BCUT2D eigenvalue weighted by Crippen LogP contribution is 2.76. The van der Waals surface area contributed by atoms with E-state index >= 15 is 0 Å². The quantitative estimate of drug-likeness (QED) is 0.110. The Bertz CT molecular complexity index is 1020. The number of unbranched alkanes of at least 4 members (excludes halogenated alkanes) is 3. The Balaban J connectivity index is 1.70. The standard InChI is InChI=1S/C30H44O7/c1-6-7-8-9-10-11-12-13-22(32)37-29-16-19(3)28-15-18(2)24(33)30(28,36)25(34)20(17-31)14-21(26(28)35)23(29)27(29,4)5/h10-15,19,21,23-26,31,33-36H,6-9,16-17H2,1-5H3/b11-10+,13-12+/t19-,21+,23-,24+,25-,26?,28+,29+,30-/m1/s1. The van der Waals surface area contributed by atoms with Gasteiger partial charge >= 0.3 is 5.97 Å². The second-order valence-corrected chi connectivity index (χ2v) is 12.3. The third kappa shape index (κ3) is 3.84. The maximum atomic E-state index is 13.0. The number of ether oxygens (including phenoxy) is 1. The second-order valence-electron chi connectivity index (χ2n) is 12.3. The number of carbonyl (C=O) groups is 1. The van der Waals surface area contributed by atoms with E-state index in [9.17, 15) is 30.3 Å². The van der Waals surface area contributed by atoms with Crippen molar-refractivity contribution in [3.8, 4) is 0 Å². The zero-order valence-electron chi connectivity index (χ0n) is 22.7. The molecule has 0 amide bonds. The predicted octanol–water partition coefficient (Wildman–Crippen LogP) is 2.97. The molecule has 2 saturated carbocycles. The summed E-state index contributed by atoms with van der Waals surface area (Å²) in [7, 11) is 0. The molecule has 9 atom stereocenters. The van der Waals surface area contributed by atoms with E-state index in [0.717, 1.165) is 19.3 Å². The lowest BCUT2D eigenvalue weighted by Gasteiger charge is -2.51. The monoisotopic (exact) mass is 516 g/mol. The van der Waals surface area contributed by atoms with Crippen LogP contribution in [0.5, 0.6) is 0 Å². The van der Waals surface area contributed by atoms with E-state index in [0.29, 0.717) is 12.0 Å². The molecule has 5 N–H and O–H groups in total. The van der Waals surface area contributed by atoms with Gasteiger partial charge in [0.1, 0.15) is 23.4 Å². The molecule has 2 fully saturated rings. The van der Waals surface area contributed by atoms with Crippen molar-refractivity contribution in [3.05, 3.63) is 47.6 Å². The molecule has 0 radical (unpaired) electrons. The predicted molar refractivity (Wildman–Crippen MR) is 140 cm³/mol. The van der Waals surface area contributed by atoms with Gasteiger partial charge in [0, 0.05) is 23.3 Å². The summed E-state index contributed by atoms with van der Waals surface area (Å²) in [5.74, 6) is -1.86. The Morgan fingerprint density at radius 1 is 1.16 bits per heavy atom. The third-order valence-electron chi connectivity index (χ3n) is 10.1. The van der Waals surface area contributed by atoms with Crippen molar-refractivity contribution < 1.29 is 35.1 Å². The highest BCUT2D eigenvalue weighted by Gasteiger charge is 2.82. The van der Waals surface area contributed by atoms with Gasteiger partial charge in [0.05, 0.1) is 18.1 Å². The molecule has 4 rings (SSSR count). The van der Waals surface area contributed by atoms with Crippen LogP contribution in [0.1, 0.15) is 66.7 Å². The summed E-state index contributed by atoms with van der Waals surface area (Å²) in [5, 5.41) is 56.4. The van der Waals surface area contributed by atoms with Gasteiger partial charge in [-0.15, -0.1) is 0 Å². The molecule has 206 valence electrons. The lowest BCUT2D eigenvalue weighted by molar-refractivity contribution is -0.216. The van der Waals surface area contributed by atoms with Crippen LogP contribution in [-0.4, -0.2) is 67.6 Å². The van der Waals surface area contributed by atoms with Gasteiger partial charge in [-0.25, -0.2) is 4.79 Å². The third-order valence-corrected chi connectivity index (χ3v) is 10.1. The summed E-state index contributed by atoms with van der Waals surface area (Å²) in [6, 6.07) is 0. The smallest absolute Gasteiger partial charge is 0.331 e. The minimum Gasteiger partial charge on any atom is -0.455 e. The second kappa shape index (κ2) is 9.76. The number of esters is 1. The van der Waals surface area contributed by atoms with E-state index in [1.807, 2.05) is 32.9 Å². The van der Waals surface area contributed by atoms with Gasteiger partial charge in [-0.3, -0.25) is 0 Å². The van der Waals surface area contributed by atoms with Crippen LogP contribution in [0.25, 0.3) is 0 Å². The van der Waals surface area contributed by atoms with Gasteiger partial charge in [0.25, 0.3) is 0 Å². The fraction of sp³-hybridized carbons (Fsp3) is 0.700. The Kier molecular flexibility index (Phi) is 7.45. The van der Waals surface area contributed by atoms with E-state index in [1.54, 1.807) is 25.2 Å². The van der Waals surface area contributed by atoms with Crippen molar-refractivity contribution in [2.75, 3.05) is 6.61 Å². The summed E-state index contributed by atoms with van der Waals surface area (Å²) < 4.78 is 6.20. The van der Waals surface area contributed by atoms with Crippen molar-refractivity contribution in [2.45, 2.75) is 96.2 Å². The first kappa shape index (κ1) is 28.2. The molecule has 1 unspecified atom stereocenters. The number of fused-ring (bicyclic) bond motifs is 3. The maximum Gasteiger partial charge on any atom is 0.331 e. The largest absolute Gasteiger partial charge is 0.455 e. The van der Waals surface area contributed by atoms with Gasteiger partial charge < -0.3 is 30.3 Å². The summed E-state index contributed by atoms with van der Waals surface area (Å²) in [6.07, 6.45) is 10.9. The van der Waals surface area contributed by atoms with Gasteiger partial charge in [-0.2, -0.15) is 0 Å². The van der Waals surface area contributed by atoms with Crippen LogP contribution in [0.15, 0.2) is 47.6 Å². The average Bonchev–Trinajstić information content (AvgIpc) is 3.26. The van der Waals surface area contributed by atoms with E-state index in [2.05, 4.69) is 6.92 Å². The van der Waals surface area contributed by atoms with Gasteiger partial charge in [-0.1, -0.05) is 70.9 Å². The minimum atomic E-state index is -2.13. The Morgan fingerprint density at radius 2 is 1.86 bits per heavy atom. The van der Waals surface area contributed by atoms with Crippen LogP contribution in [0.2, 0.25) is 0 Å². The van der Waals surface area contributed by atoms with E-state index in [1.165, 1.54) is 12.5 Å². The number of allylic oxidation sites excluding steroid dienone is 3. The lowest BCUT2D eigenvalue weighted by atomic mass is 9.58. The van der Waals surface area contributed by atoms with Gasteiger partial charge in [0.2, 0.25) is 0 Å². The zero-order chi connectivity index (χ0) is 27.4. The molecule has 0 heterocycles. The number of aliphatic hydroxyl groups is 5. The number of carbonyl (C=O) groups excluding carboxylic acids is 1. The average molecular weight is 517 g/mol. The Labute approximate surface area is 220 Å². The molecule has 7 heteroatoms. The van der Waals surface area contributed by atoms with Crippen molar-refractivity contribution in [1.82, 2.24) is 0 Å². The van der Waals surface area contributed by atoms with E-state index in [-0.39, 0.29) is 11.5 Å².